The summed E-state index contributed by atoms with van der Waals surface area (Å²) < 4.78 is 8.12. The molecular weight excluding hydrogens is 390 g/mol. The summed E-state index contributed by atoms with van der Waals surface area (Å²) in [5.74, 6) is 0.272. The predicted molar refractivity (Wildman–Crippen MR) is 112 cm³/mol. The van der Waals surface area contributed by atoms with Crippen molar-refractivity contribution < 1.29 is 9.21 Å². The van der Waals surface area contributed by atoms with Gasteiger partial charge in [0.15, 0.2) is 0 Å². The predicted octanol–water partition coefficient (Wildman–Crippen LogP) is 2.74. The van der Waals surface area contributed by atoms with Crippen LogP contribution in [0.15, 0.2) is 62.0 Å². The summed E-state index contributed by atoms with van der Waals surface area (Å²) in [5.41, 5.74) is 1.91. The molecule has 148 valence electrons. The van der Waals surface area contributed by atoms with Crippen LogP contribution in [0.4, 0.5) is 0 Å². The molecule has 0 radical (unpaired) electrons. The van der Waals surface area contributed by atoms with E-state index in [1.165, 1.54) is 22.2 Å². The molecule has 3 aromatic heterocycles. The summed E-state index contributed by atoms with van der Waals surface area (Å²) in [6.45, 7) is 3.83. The molecule has 29 heavy (non-hydrogen) atoms. The van der Waals surface area contributed by atoms with Gasteiger partial charge in [0.25, 0.3) is 5.56 Å². The number of carbonyl (C=O) groups is 1. The molecule has 0 atom stereocenters. The van der Waals surface area contributed by atoms with Crippen LogP contribution in [-0.4, -0.2) is 15.0 Å². The fourth-order valence-electron chi connectivity index (χ4n) is 3.31. The molecule has 0 aliphatic rings. The van der Waals surface area contributed by atoms with Crippen molar-refractivity contribution in [2.75, 3.05) is 0 Å². The summed E-state index contributed by atoms with van der Waals surface area (Å²) in [4.78, 5) is 38.7. The molecule has 0 fully saturated rings. The van der Waals surface area contributed by atoms with Gasteiger partial charge in [-0.05, 0) is 49.1 Å². The minimum Gasteiger partial charge on any atom is -0.467 e. The van der Waals surface area contributed by atoms with Gasteiger partial charge < -0.3 is 9.73 Å². The van der Waals surface area contributed by atoms with Gasteiger partial charge >= 0.3 is 5.69 Å². The Bertz CT molecular complexity index is 1310. The molecule has 1 amide bonds. The second kappa shape index (κ2) is 7.56. The Morgan fingerprint density at radius 3 is 2.72 bits per heavy atom. The summed E-state index contributed by atoms with van der Waals surface area (Å²) in [6, 6.07) is 10.7. The maximum absolute atomic E-state index is 13.2. The lowest BCUT2D eigenvalue weighted by Gasteiger charge is -2.14. The highest BCUT2D eigenvalue weighted by Gasteiger charge is 2.18. The lowest BCUT2D eigenvalue weighted by Crippen LogP contribution is -2.41. The average molecular weight is 409 g/mol. The summed E-state index contributed by atoms with van der Waals surface area (Å²) in [5, 5.41) is 4.48. The lowest BCUT2D eigenvalue weighted by molar-refractivity contribution is -0.121. The monoisotopic (exact) mass is 409 g/mol. The van der Waals surface area contributed by atoms with E-state index in [2.05, 4.69) is 5.32 Å². The minimum absolute atomic E-state index is 0.196. The van der Waals surface area contributed by atoms with Crippen LogP contribution in [0.5, 0.6) is 0 Å². The summed E-state index contributed by atoms with van der Waals surface area (Å²) in [6.07, 6.45) is 1.53. The van der Waals surface area contributed by atoms with E-state index < -0.39 is 5.69 Å². The second-order valence-corrected chi connectivity index (χ2v) is 7.71. The van der Waals surface area contributed by atoms with Crippen molar-refractivity contribution in [2.24, 2.45) is 0 Å². The number of carbonyl (C=O) groups excluding carboxylic acids is 1. The van der Waals surface area contributed by atoms with E-state index in [9.17, 15) is 14.4 Å². The van der Waals surface area contributed by atoms with E-state index in [0.717, 1.165) is 15.7 Å². The average Bonchev–Trinajstić information content (AvgIpc) is 3.37. The van der Waals surface area contributed by atoms with Crippen molar-refractivity contribution in [1.29, 1.82) is 0 Å². The van der Waals surface area contributed by atoms with Crippen molar-refractivity contribution in [1.82, 2.24) is 14.5 Å². The molecule has 8 heteroatoms. The molecule has 0 saturated carbocycles. The number of hydrogen-bond acceptors (Lipinski definition) is 5. The Morgan fingerprint density at radius 1 is 1.17 bits per heavy atom. The highest BCUT2D eigenvalue weighted by atomic mass is 32.1. The fourth-order valence-corrected chi connectivity index (χ4v) is 4.13. The van der Waals surface area contributed by atoms with E-state index in [1.807, 2.05) is 26.0 Å². The van der Waals surface area contributed by atoms with Gasteiger partial charge in [-0.15, -0.1) is 11.3 Å². The standard InChI is InChI=1S/C21H19N3O4S/c1-13-5-6-16(14(2)10-13)24-20(26)19-17(7-9-29-19)23(21(24)27)12-18(25)22-11-15-4-3-8-28-15/h3-10H,11-12H2,1-2H3,(H,22,25). The zero-order chi connectivity index (χ0) is 20.5. The molecule has 7 nitrogen and oxygen atoms in total. The molecule has 0 aliphatic heterocycles. The van der Waals surface area contributed by atoms with Crippen LogP contribution in [0.25, 0.3) is 15.9 Å². The van der Waals surface area contributed by atoms with Crippen LogP contribution in [0.1, 0.15) is 16.9 Å². The number of furan rings is 1. The Labute approximate surface area is 169 Å². The quantitative estimate of drug-likeness (QED) is 0.549. The third kappa shape index (κ3) is 3.54. The van der Waals surface area contributed by atoms with Gasteiger partial charge in [-0.1, -0.05) is 17.7 Å². The molecule has 1 N–H and O–H groups in total. The van der Waals surface area contributed by atoms with Gasteiger partial charge in [0.05, 0.1) is 24.0 Å². The zero-order valence-electron chi connectivity index (χ0n) is 16.0. The molecular formula is C21H19N3O4S. The Hall–Kier alpha value is -3.39. The molecule has 4 aromatic rings. The number of nitrogens with one attached hydrogen (secondary N) is 1. The van der Waals surface area contributed by atoms with E-state index >= 15 is 0 Å². The molecule has 4 rings (SSSR count). The number of amides is 1. The van der Waals surface area contributed by atoms with Crippen molar-refractivity contribution in [2.45, 2.75) is 26.9 Å². The fraction of sp³-hybridized carbons (Fsp3) is 0.190. The summed E-state index contributed by atoms with van der Waals surface area (Å²) >= 11 is 1.25. The third-order valence-corrected chi connectivity index (χ3v) is 5.58. The lowest BCUT2D eigenvalue weighted by atomic mass is 10.1. The number of thiophene rings is 1. The van der Waals surface area contributed by atoms with Gasteiger partial charge in [0, 0.05) is 0 Å². The maximum Gasteiger partial charge on any atom is 0.336 e. The van der Waals surface area contributed by atoms with Crippen LogP contribution in [0, 0.1) is 13.8 Å². The highest BCUT2D eigenvalue weighted by Crippen LogP contribution is 2.18. The number of hydrogen-bond donors (Lipinski definition) is 1. The first kappa shape index (κ1) is 18.9. The number of aryl methyl sites for hydroxylation is 2. The molecule has 1 aromatic carbocycles. The highest BCUT2D eigenvalue weighted by molar-refractivity contribution is 7.17. The van der Waals surface area contributed by atoms with Crippen LogP contribution >= 0.6 is 11.3 Å². The minimum atomic E-state index is -0.541. The summed E-state index contributed by atoms with van der Waals surface area (Å²) in [7, 11) is 0. The topological polar surface area (TPSA) is 86.2 Å². The van der Waals surface area contributed by atoms with E-state index in [-0.39, 0.29) is 24.6 Å². The van der Waals surface area contributed by atoms with Crippen molar-refractivity contribution >= 4 is 27.5 Å². The van der Waals surface area contributed by atoms with Crippen molar-refractivity contribution in [3.63, 3.8) is 0 Å². The smallest absolute Gasteiger partial charge is 0.336 e. The van der Waals surface area contributed by atoms with Crippen LogP contribution < -0.4 is 16.6 Å². The van der Waals surface area contributed by atoms with Gasteiger partial charge in [-0.3, -0.25) is 14.2 Å². The first-order chi connectivity index (χ1) is 14.0. The number of nitrogens with zero attached hydrogens (tertiary/aromatic N) is 2. The van der Waals surface area contributed by atoms with E-state index in [0.29, 0.717) is 21.7 Å². The van der Waals surface area contributed by atoms with Crippen molar-refractivity contribution in [3.8, 4) is 5.69 Å². The van der Waals surface area contributed by atoms with Gasteiger partial charge in [0.2, 0.25) is 5.91 Å². The number of benzene rings is 1. The third-order valence-electron chi connectivity index (χ3n) is 4.69. The number of aromatic nitrogens is 2. The molecule has 0 bridgehead atoms. The largest absolute Gasteiger partial charge is 0.467 e. The zero-order valence-corrected chi connectivity index (χ0v) is 16.8. The molecule has 0 aliphatic carbocycles. The van der Waals surface area contributed by atoms with Crippen LogP contribution in [0.3, 0.4) is 0 Å². The molecule has 0 spiro atoms. The van der Waals surface area contributed by atoms with E-state index in [1.54, 1.807) is 29.6 Å². The molecule has 0 unspecified atom stereocenters. The molecule has 3 heterocycles. The Kier molecular flexibility index (Phi) is 4.94. The van der Waals surface area contributed by atoms with Crippen LogP contribution in [-0.2, 0) is 17.9 Å². The van der Waals surface area contributed by atoms with E-state index in [4.69, 9.17) is 4.42 Å². The van der Waals surface area contributed by atoms with Gasteiger partial charge in [-0.25, -0.2) is 9.36 Å². The van der Waals surface area contributed by atoms with Crippen LogP contribution in [0.2, 0.25) is 0 Å². The first-order valence-electron chi connectivity index (χ1n) is 9.05. The maximum atomic E-state index is 13.2. The number of fused-ring (bicyclic) bond motifs is 1. The first-order valence-corrected chi connectivity index (χ1v) is 9.93. The Balaban J connectivity index is 1.78. The normalized spacial score (nSPS) is 11.1. The SMILES string of the molecule is Cc1ccc(-n2c(=O)c3sccc3n(CC(=O)NCc3ccco3)c2=O)c(C)c1. The van der Waals surface area contributed by atoms with Crippen molar-refractivity contribution in [3.05, 3.63) is 85.8 Å². The number of rotatable bonds is 5. The second-order valence-electron chi connectivity index (χ2n) is 6.79. The van der Waals surface area contributed by atoms with Gasteiger partial charge in [-0.2, -0.15) is 0 Å². The molecule has 0 saturated heterocycles. The Morgan fingerprint density at radius 2 is 2.00 bits per heavy atom. The van der Waals surface area contributed by atoms with Gasteiger partial charge in [0.1, 0.15) is 17.0 Å².